The van der Waals surface area contributed by atoms with Gasteiger partial charge in [0.25, 0.3) is 0 Å². The van der Waals surface area contributed by atoms with Gasteiger partial charge in [0.15, 0.2) is 0 Å². The standard InChI is InChI=1S/C55H42.C50H36/c1-33-25-27-43-46(31-33)52(45-21-14-24-49-53(45)44-20-11-13-23-48(44)54(49,2)3)41-19-9-8-18-40(41)51(43)42-30-29-35(36-15-6-7-16-37(36)42)34-26-28-39-38-17-10-12-22-47(38)55(4,5)50(39)32-34;1-31-23-26-41-44(29-31)48(43-20-12-22-46-49(43)42-19-10-11-21-45(42)50(46,2)3)39-18-9-8-17-38(39)47(41)40-28-27-35(36-15-6-7-16-37(36)40)34-25-24-32-13-4-5-14-33(32)30-34/h6-32H,1-5H3;4-30H,1-3H3. The van der Waals surface area contributed by atoms with E-state index in [0.717, 1.165) is 0 Å². The third-order valence-electron chi connectivity index (χ3n) is 24.5. The SMILES string of the molecule is Cc1ccc2c(-c3ccc(-c4ccc5c(c4)C(C)(C)c4ccccc4-5)c4ccccc34)c3ccccc3c(-c3cccc4c3-c3ccccc3C4(C)C)c2c1.Cc1ccc2c(-c3ccc(-c4ccc5ccccc5c4)c4ccccc34)c3ccccc3c(-c3cccc4c3-c3ccccc3C4(C)C)c2c1. The minimum atomic E-state index is -0.0668. The molecule has 0 radical (unpaired) electrons. The van der Waals surface area contributed by atoms with Crippen molar-refractivity contribution in [2.24, 2.45) is 0 Å². The summed E-state index contributed by atoms with van der Waals surface area (Å²) in [5.41, 5.74) is 34.4. The average molecular weight is 1340 g/mol. The number of aryl methyl sites for hydroxylation is 2. The van der Waals surface area contributed by atoms with Gasteiger partial charge in [-0.3, -0.25) is 0 Å². The van der Waals surface area contributed by atoms with Gasteiger partial charge in [0.05, 0.1) is 0 Å². The molecule has 0 aliphatic heterocycles. The van der Waals surface area contributed by atoms with Gasteiger partial charge in [-0.25, -0.2) is 0 Å². The van der Waals surface area contributed by atoms with Crippen LogP contribution in [0.15, 0.2) is 328 Å². The van der Waals surface area contributed by atoms with Crippen LogP contribution in [0, 0.1) is 13.8 Å². The molecule has 0 bridgehead atoms. The number of rotatable bonds is 6. The predicted octanol–water partition coefficient (Wildman–Crippen LogP) is 29.0. The molecule has 0 N–H and O–H groups in total. The Morgan fingerprint density at radius 2 is 0.467 bits per heavy atom. The minimum Gasteiger partial charge on any atom is -0.0619 e. The fourth-order valence-electron chi connectivity index (χ4n) is 19.4. The lowest BCUT2D eigenvalue weighted by Gasteiger charge is -2.23. The first-order chi connectivity index (χ1) is 51.2. The van der Waals surface area contributed by atoms with E-state index in [4.69, 9.17) is 0 Å². The van der Waals surface area contributed by atoms with Gasteiger partial charge < -0.3 is 0 Å². The summed E-state index contributed by atoms with van der Waals surface area (Å²) < 4.78 is 0. The molecule has 0 atom stereocenters. The molecule has 0 nitrogen and oxygen atoms in total. The van der Waals surface area contributed by atoms with Crippen LogP contribution in [0.2, 0.25) is 0 Å². The Morgan fingerprint density at radius 3 is 0.943 bits per heavy atom. The maximum absolute atomic E-state index is 2.46. The quantitative estimate of drug-likeness (QED) is 0.146. The smallest absolute Gasteiger partial charge is 0.0159 e. The van der Waals surface area contributed by atoms with Gasteiger partial charge in [0.2, 0.25) is 0 Å². The molecular formula is C105H78. The molecule has 0 saturated carbocycles. The molecule has 0 fully saturated rings. The second-order valence-electron chi connectivity index (χ2n) is 31.4. The Hall–Kier alpha value is -12.2. The summed E-state index contributed by atoms with van der Waals surface area (Å²) in [5.74, 6) is 0. The summed E-state index contributed by atoms with van der Waals surface area (Å²) >= 11 is 0. The van der Waals surface area contributed by atoms with Crippen molar-refractivity contribution in [3.05, 3.63) is 372 Å². The van der Waals surface area contributed by atoms with E-state index in [1.165, 1.54) is 220 Å². The van der Waals surface area contributed by atoms with Crippen LogP contribution in [0.25, 0.3) is 176 Å². The third-order valence-corrected chi connectivity index (χ3v) is 24.5. The average Bonchev–Trinajstić information content (AvgIpc) is 1.65. The van der Waals surface area contributed by atoms with Crippen molar-refractivity contribution in [1.29, 1.82) is 0 Å². The fourth-order valence-corrected chi connectivity index (χ4v) is 19.4. The molecule has 0 heteroatoms. The van der Waals surface area contributed by atoms with E-state index in [1.807, 2.05) is 0 Å². The van der Waals surface area contributed by atoms with Gasteiger partial charge in [0.1, 0.15) is 0 Å². The van der Waals surface area contributed by atoms with E-state index in [2.05, 4.69) is 383 Å². The molecule has 0 amide bonds. The van der Waals surface area contributed by atoms with Crippen LogP contribution in [0.4, 0.5) is 0 Å². The maximum Gasteiger partial charge on any atom is 0.0159 e. The Balaban J connectivity index is 0.000000140. The molecule has 498 valence electrons. The van der Waals surface area contributed by atoms with E-state index < -0.39 is 0 Å². The molecule has 105 heavy (non-hydrogen) atoms. The van der Waals surface area contributed by atoms with Crippen LogP contribution in [0.5, 0.6) is 0 Å². The van der Waals surface area contributed by atoms with Crippen LogP contribution in [-0.4, -0.2) is 0 Å². The Bertz CT molecular complexity index is 6760. The van der Waals surface area contributed by atoms with E-state index >= 15 is 0 Å². The van der Waals surface area contributed by atoms with Crippen LogP contribution < -0.4 is 0 Å². The fraction of sp³-hybridized carbons (Fsp3) is 0.105. The molecule has 3 aliphatic carbocycles. The monoisotopic (exact) mass is 1340 g/mol. The van der Waals surface area contributed by atoms with Crippen molar-refractivity contribution in [2.45, 2.75) is 71.6 Å². The predicted molar refractivity (Wildman–Crippen MR) is 450 cm³/mol. The number of fused-ring (bicyclic) bond motifs is 16. The highest BCUT2D eigenvalue weighted by Crippen LogP contribution is 2.58. The van der Waals surface area contributed by atoms with Crippen molar-refractivity contribution in [2.75, 3.05) is 0 Å². The highest BCUT2D eigenvalue weighted by atomic mass is 14.4. The Labute approximate surface area is 615 Å². The van der Waals surface area contributed by atoms with Gasteiger partial charge >= 0.3 is 0 Å². The molecule has 3 aliphatic rings. The van der Waals surface area contributed by atoms with E-state index in [-0.39, 0.29) is 16.2 Å². The molecule has 0 aromatic heterocycles. The lowest BCUT2D eigenvalue weighted by Crippen LogP contribution is -2.14. The first kappa shape index (κ1) is 62.5. The van der Waals surface area contributed by atoms with Crippen molar-refractivity contribution >= 4 is 75.4 Å². The second-order valence-corrected chi connectivity index (χ2v) is 31.4. The van der Waals surface area contributed by atoms with Gasteiger partial charge in [-0.15, -0.1) is 0 Å². The number of benzene rings is 18. The zero-order valence-corrected chi connectivity index (χ0v) is 60.7. The molecule has 18 aromatic carbocycles. The molecule has 21 rings (SSSR count). The van der Waals surface area contributed by atoms with Crippen LogP contribution in [0.3, 0.4) is 0 Å². The number of hydrogen-bond donors (Lipinski definition) is 0. The second kappa shape index (κ2) is 23.4. The van der Waals surface area contributed by atoms with E-state index in [0.29, 0.717) is 0 Å². The first-order valence-electron chi connectivity index (χ1n) is 37.4. The lowest BCUT2D eigenvalue weighted by molar-refractivity contribution is 0.660. The Kier molecular flexibility index (Phi) is 13.9. The van der Waals surface area contributed by atoms with Crippen molar-refractivity contribution in [1.82, 2.24) is 0 Å². The third kappa shape index (κ3) is 9.32. The molecule has 0 saturated heterocycles. The highest BCUT2D eigenvalue weighted by molar-refractivity contribution is 6.27. The van der Waals surface area contributed by atoms with Crippen LogP contribution >= 0.6 is 0 Å². The zero-order valence-electron chi connectivity index (χ0n) is 60.7. The van der Waals surface area contributed by atoms with Gasteiger partial charge in [0, 0.05) is 16.2 Å². The molecule has 0 heterocycles. The van der Waals surface area contributed by atoms with E-state index in [9.17, 15) is 0 Å². The molecule has 18 aromatic rings. The van der Waals surface area contributed by atoms with Gasteiger partial charge in [-0.2, -0.15) is 0 Å². The zero-order chi connectivity index (χ0) is 70.8. The molecule has 0 unspecified atom stereocenters. The van der Waals surface area contributed by atoms with Gasteiger partial charge in [-0.1, -0.05) is 368 Å². The van der Waals surface area contributed by atoms with Crippen LogP contribution in [-0.2, 0) is 16.2 Å². The van der Waals surface area contributed by atoms with Crippen molar-refractivity contribution in [3.8, 4) is 100 Å². The normalized spacial score (nSPS) is 13.9. The molecular weight excluding hydrogens is 1260 g/mol. The summed E-state index contributed by atoms with van der Waals surface area (Å²) in [4.78, 5) is 0. The summed E-state index contributed by atoms with van der Waals surface area (Å²) in [6.45, 7) is 18.7. The summed E-state index contributed by atoms with van der Waals surface area (Å²) in [6, 6.07) is 123. The van der Waals surface area contributed by atoms with Gasteiger partial charge in [-0.05, 0) is 235 Å². The minimum absolute atomic E-state index is 0.0495. The Morgan fingerprint density at radius 1 is 0.162 bits per heavy atom. The van der Waals surface area contributed by atoms with E-state index in [1.54, 1.807) is 0 Å². The summed E-state index contributed by atoms with van der Waals surface area (Å²) in [5, 5.41) is 18.0. The molecule has 0 spiro atoms. The highest BCUT2D eigenvalue weighted by Gasteiger charge is 2.40. The van der Waals surface area contributed by atoms with Crippen molar-refractivity contribution < 1.29 is 0 Å². The topological polar surface area (TPSA) is 0 Å². The van der Waals surface area contributed by atoms with Crippen LogP contribution in [0.1, 0.15) is 86.1 Å². The van der Waals surface area contributed by atoms with Crippen molar-refractivity contribution in [3.63, 3.8) is 0 Å². The lowest BCUT2D eigenvalue weighted by atomic mass is 9.80. The maximum atomic E-state index is 2.46. The number of hydrogen-bond acceptors (Lipinski definition) is 0. The summed E-state index contributed by atoms with van der Waals surface area (Å²) in [6.07, 6.45) is 0. The summed E-state index contributed by atoms with van der Waals surface area (Å²) in [7, 11) is 0. The first-order valence-corrected chi connectivity index (χ1v) is 37.4. The largest absolute Gasteiger partial charge is 0.0619 e.